The van der Waals surface area contributed by atoms with Crippen LogP contribution >= 0.6 is 31.9 Å². The summed E-state index contributed by atoms with van der Waals surface area (Å²) in [6, 6.07) is 5.33. The van der Waals surface area contributed by atoms with Crippen molar-refractivity contribution >= 4 is 43.4 Å². The summed E-state index contributed by atoms with van der Waals surface area (Å²) in [6.07, 6.45) is -0.200. The molecule has 0 aromatic heterocycles. The second-order valence-corrected chi connectivity index (χ2v) is 5.12. The first kappa shape index (κ1) is 12.0. The van der Waals surface area contributed by atoms with Crippen molar-refractivity contribution in [3.8, 4) is 0 Å². The molecule has 0 unspecified atom stereocenters. The summed E-state index contributed by atoms with van der Waals surface area (Å²) in [4.78, 5) is 3.97. The van der Waals surface area contributed by atoms with Gasteiger partial charge < -0.3 is 5.32 Å². The molecule has 0 amide bonds. The Hall–Kier alpha value is -0.490. The van der Waals surface area contributed by atoms with Crippen LogP contribution in [-0.2, 0) is 0 Å². The maximum atomic E-state index is 13.3. The minimum Gasteiger partial charge on any atom is -0.368 e. The summed E-state index contributed by atoms with van der Waals surface area (Å²) in [6.45, 7) is 0.258. The van der Waals surface area contributed by atoms with Crippen LogP contribution in [0.1, 0.15) is 6.42 Å². The van der Waals surface area contributed by atoms with Crippen LogP contribution in [0.2, 0.25) is 0 Å². The van der Waals surface area contributed by atoms with Crippen LogP contribution in [0.25, 0.3) is 0 Å². The number of halogens is 4. The normalized spacial score (nSPS) is 21.1. The lowest BCUT2D eigenvalue weighted by Gasteiger charge is -2.09. The van der Waals surface area contributed by atoms with E-state index >= 15 is 0 Å². The average Bonchev–Trinajstić information content (AvgIpc) is 2.52. The molecule has 16 heavy (non-hydrogen) atoms. The molecule has 1 heterocycles. The van der Waals surface area contributed by atoms with Crippen molar-refractivity contribution < 1.29 is 8.78 Å². The molecule has 6 heteroatoms. The van der Waals surface area contributed by atoms with Crippen molar-refractivity contribution in [2.75, 3.05) is 6.54 Å². The topological polar surface area (TPSA) is 24.4 Å². The fraction of sp³-hybridized carbons (Fsp3) is 0.300. The minimum absolute atomic E-state index is 0.200. The number of alkyl halides is 2. The minimum atomic E-state index is -2.85. The third kappa shape index (κ3) is 2.27. The number of benzene rings is 1. The summed E-state index contributed by atoms with van der Waals surface area (Å²) in [5.41, 5.74) is 0.478. The number of hydrogen-bond donors (Lipinski definition) is 1. The highest BCUT2D eigenvalue weighted by Crippen LogP contribution is 2.35. The smallest absolute Gasteiger partial charge is 0.306 e. The SMILES string of the molecule is FC1(F)CCNC1=Nc1c(Br)cccc1Br. The zero-order valence-electron chi connectivity index (χ0n) is 8.11. The lowest BCUT2D eigenvalue weighted by atomic mass is 10.3. The first-order chi connectivity index (χ1) is 7.50. The molecule has 0 spiro atoms. The predicted octanol–water partition coefficient (Wildman–Crippen LogP) is 3.87. The molecule has 2 nitrogen and oxygen atoms in total. The van der Waals surface area contributed by atoms with Gasteiger partial charge in [-0.2, -0.15) is 8.78 Å². The van der Waals surface area contributed by atoms with Gasteiger partial charge in [-0.15, -0.1) is 0 Å². The zero-order chi connectivity index (χ0) is 11.8. The van der Waals surface area contributed by atoms with Gasteiger partial charge in [0.05, 0.1) is 5.69 Å². The number of nitrogens with zero attached hydrogens (tertiary/aromatic N) is 1. The number of nitrogens with one attached hydrogen (secondary N) is 1. The van der Waals surface area contributed by atoms with Crippen molar-refractivity contribution in [2.45, 2.75) is 12.3 Å². The van der Waals surface area contributed by atoms with E-state index in [4.69, 9.17) is 0 Å². The van der Waals surface area contributed by atoms with Crippen LogP contribution in [0.15, 0.2) is 32.1 Å². The van der Waals surface area contributed by atoms with E-state index in [1.165, 1.54) is 0 Å². The van der Waals surface area contributed by atoms with Crippen LogP contribution in [-0.4, -0.2) is 18.3 Å². The molecular weight excluding hydrogens is 346 g/mol. The molecule has 0 aliphatic carbocycles. The van der Waals surface area contributed by atoms with Gasteiger partial charge in [-0.3, -0.25) is 0 Å². The third-order valence-electron chi connectivity index (χ3n) is 2.24. The number of hydrogen-bond acceptors (Lipinski definition) is 1. The van der Waals surface area contributed by atoms with Crippen LogP contribution in [0.5, 0.6) is 0 Å². The molecular formula is C10H8Br2F2N2. The van der Waals surface area contributed by atoms with Crippen molar-refractivity contribution in [1.82, 2.24) is 5.32 Å². The van der Waals surface area contributed by atoms with E-state index in [1.807, 2.05) is 0 Å². The van der Waals surface area contributed by atoms with Gasteiger partial charge in [0, 0.05) is 21.9 Å². The first-order valence-electron chi connectivity index (χ1n) is 4.65. The molecule has 2 rings (SSSR count). The second-order valence-electron chi connectivity index (χ2n) is 3.41. The van der Waals surface area contributed by atoms with Crippen molar-refractivity contribution in [2.24, 2.45) is 4.99 Å². The maximum absolute atomic E-state index is 13.3. The van der Waals surface area contributed by atoms with Crippen molar-refractivity contribution in [3.05, 3.63) is 27.1 Å². The standard InChI is InChI=1S/C10H8Br2F2N2/c11-6-2-1-3-7(12)8(6)16-9-10(13,14)4-5-15-9/h1-3H,4-5H2,(H,15,16). The Morgan fingerprint density at radius 2 is 1.88 bits per heavy atom. The van der Waals surface area contributed by atoms with Crippen molar-refractivity contribution in [3.63, 3.8) is 0 Å². The highest BCUT2D eigenvalue weighted by Gasteiger charge is 2.40. The van der Waals surface area contributed by atoms with E-state index in [0.717, 1.165) is 0 Å². The Balaban J connectivity index is 2.43. The van der Waals surface area contributed by atoms with E-state index in [1.54, 1.807) is 18.2 Å². The average molecular weight is 354 g/mol. The Morgan fingerprint density at radius 3 is 2.38 bits per heavy atom. The van der Waals surface area contributed by atoms with Gasteiger partial charge in [-0.05, 0) is 44.0 Å². The molecule has 1 N–H and O–H groups in total. The molecule has 0 saturated carbocycles. The van der Waals surface area contributed by atoms with Gasteiger partial charge in [0.2, 0.25) is 0 Å². The summed E-state index contributed by atoms with van der Waals surface area (Å²) < 4.78 is 28.0. The van der Waals surface area contributed by atoms with Gasteiger partial charge in [0.15, 0.2) is 5.84 Å². The van der Waals surface area contributed by atoms with E-state index in [9.17, 15) is 8.78 Å². The second kappa shape index (κ2) is 4.41. The van der Waals surface area contributed by atoms with Crippen LogP contribution in [0.3, 0.4) is 0 Å². The molecule has 0 radical (unpaired) electrons. The Bertz CT molecular complexity index is 426. The Morgan fingerprint density at radius 1 is 1.25 bits per heavy atom. The molecule has 1 aromatic rings. The number of aliphatic imine (C=N–C) groups is 1. The maximum Gasteiger partial charge on any atom is 0.306 e. The lowest BCUT2D eigenvalue weighted by Crippen LogP contribution is -2.28. The van der Waals surface area contributed by atoms with Crippen LogP contribution < -0.4 is 5.32 Å². The van der Waals surface area contributed by atoms with E-state index < -0.39 is 5.92 Å². The highest BCUT2D eigenvalue weighted by atomic mass is 79.9. The monoisotopic (exact) mass is 352 g/mol. The van der Waals surface area contributed by atoms with E-state index in [0.29, 0.717) is 14.6 Å². The molecule has 1 fully saturated rings. The molecule has 1 aromatic carbocycles. The molecule has 0 atom stereocenters. The summed E-state index contributed by atoms with van der Waals surface area (Å²) in [7, 11) is 0. The number of amidine groups is 1. The predicted molar refractivity (Wildman–Crippen MR) is 66.5 cm³/mol. The summed E-state index contributed by atoms with van der Waals surface area (Å²) >= 11 is 6.56. The summed E-state index contributed by atoms with van der Waals surface area (Å²) in [5, 5.41) is 2.61. The van der Waals surface area contributed by atoms with E-state index in [-0.39, 0.29) is 18.8 Å². The summed E-state index contributed by atoms with van der Waals surface area (Å²) in [5.74, 6) is -3.12. The number of rotatable bonds is 1. The van der Waals surface area contributed by atoms with Gasteiger partial charge >= 0.3 is 5.92 Å². The third-order valence-corrected chi connectivity index (χ3v) is 3.52. The highest BCUT2D eigenvalue weighted by molar-refractivity contribution is 9.11. The first-order valence-corrected chi connectivity index (χ1v) is 6.24. The van der Waals surface area contributed by atoms with Crippen molar-refractivity contribution in [1.29, 1.82) is 0 Å². The number of para-hydroxylation sites is 1. The van der Waals surface area contributed by atoms with Gasteiger partial charge in [0.1, 0.15) is 0 Å². The van der Waals surface area contributed by atoms with Gasteiger partial charge in [-0.25, -0.2) is 4.99 Å². The Kier molecular flexibility index (Phi) is 3.30. The molecule has 1 aliphatic rings. The van der Waals surface area contributed by atoms with Crippen LogP contribution in [0.4, 0.5) is 14.5 Å². The molecule has 1 aliphatic heterocycles. The molecule has 86 valence electrons. The lowest BCUT2D eigenvalue weighted by molar-refractivity contribution is 0.0823. The zero-order valence-corrected chi connectivity index (χ0v) is 11.3. The fourth-order valence-corrected chi connectivity index (χ4v) is 2.59. The largest absolute Gasteiger partial charge is 0.368 e. The molecule has 1 saturated heterocycles. The quantitative estimate of drug-likeness (QED) is 0.814. The fourth-order valence-electron chi connectivity index (χ4n) is 1.41. The van der Waals surface area contributed by atoms with Gasteiger partial charge in [0.25, 0.3) is 0 Å². The Labute approximate surface area is 108 Å². The molecule has 0 bridgehead atoms. The van der Waals surface area contributed by atoms with Crippen LogP contribution in [0, 0.1) is 0 Å². The van der Waals surface area contributed by atoms with E-state index in [2.05, 4.69) is 42.2 Å². The van der Waals surface area contributed by atoms with Gasteiger partial charge in [-0.1, -0.05) is 6.07 Å².